The van der Waals surface area contributed by atoms with Gasteiger partial charge < -0.3 is 4.74 Å². The van der Waals surface area contributed by atoms with E-state index in [9.17, 15) is 4.91 Å². The number of rotatable bonds is 1. The second-order valence-electron chi connectivity index (χ2n) is 9.97. The molecule has 3 heteroatoms. The van der Waals surface area contributed by atoms with Crippen molar-refractivity contribution < 1.29 is 4.74 Å². The molecule has 6 aliphatic rings. The number of hydrogen-bond acceptors (Lipinski definition) is 3. The molecule has 1 aliphatic heterocycles. The Bertz CT molecular complexity index is 684. The summed E-state index contributed by atoms with van der Waals surface area (Å²) in [7, 11) is 0. The minimum atomic E-state index is -0.0373. The average Bonchev–Trinajstić information content (AvgIpc) is 3.20. The molecule has 25 heavy (non-hydrogen) atoms. The zero-order valence-corrected chi connectivity index (χ0v) is 15.2. The van der Waals surface area contributed by atoms with E-state index in [-0.39, 0.29) is 11.6 Å². The first-order valence-electron chi connectivity index (χ1n) is 10.5. The third-order valence-electron chi connectivity index (χ3n) is 9.39. The molecule has 0 radical (unpaired) electrons. The third-order valence-corrected chi connectivity index (χ3v) is 9.39. The molecule has 0 aromatic carbocycles. The Morgan fingerprint density at radius 2 is 2.04 bits per heavy atom. The monoisotopic (exact) mass is 339 g/mol. The van der Waals surface area contributed by atoms with E-state index < -0.39 is 0 Å². The lowest BCUT2D eigenvalue weighted by Crippen LogP contribution is -2.52. The molecule has 9 atom stereocenters. The fourth-order valence-corrected chi connectivity index (χ4v) is 8.25. The highest BCUT2D eigenvalue weighted by Crippen LogP contribution is 2.72. The van der Waals surface area contributed by atoms with Crippen LogP contribution < -0.4 is 0 Å². The summed E-state index contributed by atoms with van der Waals surface area (Å²) in [5.74, 6) is 5.04. The first-order valence-corrected chi connectivity index (χ1v) is 10.5. The highest BCUT2D eigenvalue weighted by Gasteiger charge is 2.68. The number of nitroso groups, excluding NO2 is 1. The van der Waals surface area contributed by atoms with Gasteiger partial charge in [0.25, 0.3) is 0 Å². The smallest absolute Gasteiger partial charge is 0.110 e. The van der Waals surface area contributed by atoms with E-state index in [1.54, 1.807) is 5.57 Å². The van der Waals surface area contributed by atoms with Crippen LogP contribution in [0.1, 0.15) is 51.9 Å². The molecule has 1 heterocycles. The minimum Gasteiger partial charge on any atom is -0.366 e. The van der Waals surface area contributed by atoms with Gasteiger partial charge in [0.2, 0.25) is 0 Å². The molecule has 3 nitrogen and oxygen atoms in total. The standard InChI is InChI=1S/C22H29NO2/c1-21-8-5-15-14-4-3-13(23-24)11-16(14)17-12-18(17)20(15)19(21)6-9-22(21)7-2-10-25-22/h2,7,11,13-15,17-20H,3-6,8-10,12H2,1H3/t13?,14-,15?,17?,18?,19?,20?,21+,22+/m1/s1. The van der Waals surface area contributed by atoms with Crippen molar-refractivity contribution in [1.82, 2.24) is 0 Å². The molecule has 134 valence electrons. The summed E-state index contributed by atoms with van der Waals surface area (Å²) in [6, 6.07) is -0.0373. The first-order chi connectivity index (χ1) is 12.2. The normalized spacial score (nSPS) is 58.1. The molecular weight excluding hydrogens is 310 g/mol. The van der Waals surface area contributed by atoms with Crippen molar-refractivity contribution in [3.8, 4) is 0 Å². The van der Waals surface area contributed by atoms with Crippen LogP contribution in [-0.4, -0.2) is 18.2 Å². The van der Waals surface area contributed by atoms with Crippen LogP contribution in [0.25, 0.3) is 0 Å². The summed E-state index contributed by atoms with van der Waals surface area (Å²) in [6.07, 6.45) is 15.8. The highest BCUT2D eigenvalue weighted by molar-refractivity contribution is 5.32. The van der Waals surface area contributed by atoms with Crippen molar-refractivity contribution in [2.24, 2.45) is 46.1 Å². The maximum atomic E-state index is 11.1. The van der Waals surface area contributed by atoms with Crippen LogP contribution in [-0.2, 0) is 4.74 Å². The zero-order valence-electron chi connectivity index (χ0n) is 15.2. The molecule has 6 rings (SSSR count). The number of hydrogen-bond donors (Lipinski definition) is 0. The number of allylic oxidation sites excluding steroid dienone is 1. The van der Waals surface area contributed by atoms with Crippen molar-refractivity contribution in [3.05, 3.63) is 28.7 Å². The molecule has 0 N–H and O–H groups in total. The molecular formula is C22H29NO2. The Kier molecular flexibility index (Phi) is 2.94. The topological polar surface area (TPSA) is 38.7 Å². The van der Waals surface area contributed by atoms with Crippen molar-refractivity contribution in [3.63, 3.8) is 0 Å². The van der Waals surface area contributed by atoms with Crippen LogP contribution >= 0.6 is 0 Å². The Morgan fingerprint density at radius 3 is 2.84 bits per heavy atom. The Hall–Kier alpha value is -0.960. The van der Waals surface area contributed by atoms with Gasteiger partial charge in [0.15, 0.2) is 0 Å². The van der Waals surface area contributed by atoms with Gasteiger partial charge in [0, 0.05) is 5.41 Å². The molecule has 0 aromatic heterocycles. The highest BCUT2D eigenvalue weighted by atomic mass is 16.5. The molecule has 0 aromatic rings. The Labute approximate surface area is 150 Å². The quantitative estimate of drug-likeness (QED) is 0.505. The summed E-state index contributed by atoms with van der Waals surface area (Å²) >= 11 is 0. The van der Waals surface area contributed by atoms with E-state index in [0.29, 0.717) is 5.41 Å². The van der Waals surface area contributed by atoms with E-state index in [1.807, 2.05) is 0 Å². The summed E-state index contributed by atoms with van der Waals surface area (Å²) in [5, 5.41) is 3.36. The SMILES string of the molecule is C[C@]12CCC3C(C4CC4C4=CC(N=O)CC[C@@H]43)C1CC[C@@]21C=CCO1. The Balaban J connectivity index is 1.36. The third kappa shape index (κ3) is 1.76. The van der Waals surface area contributed by atoms with Crippen molar-refractivity contribution in [2.45, 2.75) is 63.5 Å². The van der Waals surface area contributed by atoms with Crippen molar-refractivity contribution >= 4 is 0 Å². The van der Waals surface area contributed by atoms with Gasteiger partial charge in [-0.2, -0.15) is 4.91 Å². The zero-order chi connectivity index (χ0) is 16.8. The number of nitrogens with zero attached hydrogens (tertiary/aromatic N) is 1. The lowest BCUT2D eigenvalue weighted by molar-refractivity contribution is -0.113. The van der Waals surface area contributed by atoms with E-state index in [4.69, 9.17) is 4.74 Å². The van der Waals surface area contributed by atoms with Gasteiger partial charge in [-0.05, 0) is 80.5 Å². The van der Waals surface area contributed by atoms with Crippen LogP contribution in [0.3, 0.4) is 0 Å². The largest absolute Gasteiger partial charge is 0.366 e. The molecule has 5 aliphatic carbocycles. The number of fused-ring (bicyclic) bond motifs is 9. The van der Waals surface area contributed by atoms with Gasteiger partial charge >= 0.3 is 0 Å². The van der Waals surface area contributed by atoms with Crippen LogP contribution in [0.15, 0.2) is 29.0 Å². The lowest BCUT2D eigenvalue weighted by atomic mass is 9.50. The maximum Gasteiger partial charge on any atom is 0.110 e. The average molecular weight is 339 g/mol. The van der Waals surface area contributed by atoms with Gasteiger partial charge in [0.1, 0.15) is 6.04 Å². The van der Waals surface area contributed by atoms with E-state index in [2.05, 4.69) is 30.3 Å². The van der Waals surface area contributed by atoms with Crippen molar-refractivity contribution in [1.29, 1.82) is 0 Å². The molecule has 6 unspecified atom stereocenters. The maximum absolute atomic E-state index is 11.1. The lowest BCUT2D eigenvalue weighted by Gasteiger charge is -2.55. The fraction of sp³-hybridized carbons (Fsp3) is 0.818. The van der Waals surface area contributed by atoms with E-state index in [0.717, 1.165) is 48.5 Å². The second-order valence-corrected chi connectivity index (χ2v) is 9.97. The summed E-state index contributed by atoms with van der Waals surface area (Å²) in [5.41, 5.74) is 2.04. The second kappa shape index (κ2) is 4.85. The van der Waals surface area contributed by atoms with Gasteiger partial charge in [-0.1, -0.05) is 35.9 Å². The molecule has 0 saturated heterocycles. The molecule has 4 fully saturated rings. The molecule has 0 amide bonds. The van der Waals surface area contributed by atoms with Crippen LogP contribution in [0.2, 0.25) is 0 Å². The van der Waals surface area contributed by atoms with Gasteiger partial charge in [-0.25, -0.2) is 0 Å². The van der Waals surface area contributed by atoms with Crippen LogP contribution in [0.4, 0.5) is 0 Å². The number of ether oxygens (including phenoxy) is 1. The van der Waals surface area contributed by atoms with Crippen LogP contribution in [0.5, 0.6) is 0 Å². The molecule has 0 bridgehead atoms. The summed E-state index contributed by atoms with van der Waals surface area (Å²) in [4.78, 5) is 11.1. The van der Waals surface area contributed by atoms with Gasteiger partial charge in [0.05, 0.1) is 12.2 Å². The Morgan fingerprint density at radius 1 is 1.12 bits per heavy atom. The van der Waals surface area contributed by atoms with Gasteiger partial charge in [-0.15, -0.1) is 0 Å². The minimum absolute atomic E-state index is 0.0373. The van der Waals surface area contributed by atoms with Crippen LogP contribution in [0, 0.1) is 45.8 Å². The summed E-state index contributed by atoms with van der Waals surface area (Å²) < 4.78 is 6.37. The van der Waals surface area contributed by atoms with Gasteiger partial charge in [-0.3, -0.25) is 0 Å². The predicted octanol–water partition coefficient (Wildman–Crippen LogP) is 4.88. The molecule has 1 spiro atoms. The summed E-state index contributed by atoms with van der Waals surface area (Å²) in [6.45, 7) is 3.37. The van der Waals surface area contributed by atoms with Crippen molar-refractivity contribution in [2.75, 3.05) is 6.61 Å². The van der Waals surface area contributed by atoms with E-state index >= 15 is 0 Å². The predicted molar refractivity (Wildman–Crippen MR) is 96.9 cm³/mol. The fourth-order valence-electron chi connectivity index (χ4n) is 8.25. The first kappa shape index (κ1) is 15.1. The molecule has 4 saturated carbocycles. The van der Waals surface area contributed by atoms with E-state index in [1.165, 1.54) is 38.5 Å².